The molecule has 26 heavy (non-hydrogen) atoms. The molecule has 2 atom stereocenters. The van der Waals surface area contributed by atoms with E-state index in [-0.39, 0.29) is 24.5 Å². The summed E-state index contributed by atoms with van der Waals surface area (Å²) in [6.07, 6.45) is 0.733. The molecule has 2 aliphatic heterocycles. The van der Waals surface area contributed by atoms with Gasteiger partial charge in [-0.15, -0.1) is 0 Å². The number of nitrogens with one attached hydrogen (secondary N) is 2. The van der Waals surface area contributed by atoms with E-state index in [1.54, 1.807) is 17.0 Å². The molecule has 7 nitrogen and oxygen atoms in total. The third-order valence-electron chi connectivity index (χ3n) is 4.69. The fourth-order valence-corrected chi connectivity index (χ4v) is 4.67. The first kappa shape index (κ1) is 19.0. The molecule has 2 heterocycles. The average molecular weight is 399 g/mol. The normalized spacial score (nSPS) is 24.0. The highest BCUT2D eigenvalue weighted by atomic mass is 35.5. The van der Waals surface area contributed by atoms with Gasteiger partial charge in [-0.25, -0.2) is 4.79 Å². The van der Waals surface area contributed by atoms with Gasteiger partial charge >= 0.3 is 6.03 Å². The molecule has 9 heteroatoms. The average Bonchev–Trinajstić information content (AvgIpc) is 2.76. The lowest BCUT2D eigenvalue weighted by Crippen LogP contribution is -2.47. The molecule has 0 spiro atoms. The van der Waals surface area contributed by atoms with Crippen LogP contribution in [0.1, 0.15) is 13.3 Å². The van der Waals surface area contributed by atoms with Crippen molar-refractivity contribution in [2.24, 2.45) is 0 Å². The molecule has 1 aromatic carbocycles. The Kier molecular flexibility index (Phi) is 6.03. The molecule has 0 aromatic heterocycles. The van der Waals surface area contributed by atoms with Gasteiger partial charge in [-0.05, 0) is 31.5 Å². The summed E-state index contributed by atoms with van der Waals surface area (Å²) < 4.78 is 11.7. The van der Waals surface area contributed by atoms with E-state index >= 15 is 0 Å². The standard InChI is InChI=1S/C17H23ClN4O3S/c1-12-4-8-26(25)9-7-22(12)17(24)20-13-2-3-15(14(18)10-13)21-6-5-19-16(23)11-21/h2-3,10,12H,4-9,11H2,1H3,(H,19,23)(H,20,24)/t12-,26+/m0/s1. The Labute approximate surface area is 160 Å². The number of piperazine rings is 1. The topological polar surface area (TPSA) is 81.8 Å². The summed E-state index contributed by atoms with van der Waals surface area (Å²) in [6, 6.07) is 5.13. The van der Waals surface area contributed by atoms with Crippen molar-refractivity contribution in [2.75, 3.05) is 47.9 Å². The van der Waals surface area contributed by atoms with Crippen LogP contribution in [0.4, 0.5) is 16.2 Å². The van der Waals surface area contributed by atoms with Gasteiger partial charge in [-0.2, -0.15) is 0 Å². The van der Waals surface area contributed by atoms with Crippen molar-refractivity contribution in [3.05, 3.63) is 23.2 Å². The zero-order valence-electron chi connectivity index (χ0n) is 14.7. The van der Waals surface area contributed by atoms with E-state index in [4.69, 9.17) is 11.6 Å². The lowest BCUT2D eigenvalue weighted by atomic mass is 10.2. The Bertz CT molecular complexity index is 730. The van der Waals surface area contributed by atoms with Gasteiger partial charge in [0.05, 0.1) is 17.3 Å². The Balaban J connectivity index is 1.68. The minimum atomic E-state index is -0.856. The maximum atomic E-state index is 12.6. The smallest absolute Gasteiger partial charge is 0.322 e. The van der Waals surface area contributed by atoms with E-state index < -0.39 is 10.8 Å². The minimum absolute atomic E-state index is 0.0303. The van der Waals surface area contributed by atoms with Gasteiger partial charge in [0.2, 0.25) is 5.91 Å². The third-order valence-corrected chi connectivity index (χ3v) is 6.33. The predicted octanol–water partition coefficient (Wildman–Crippen LogP) is 1.65. The summed E-state index contributed by atoms with van der Waals surface area (Å²) in [6.45, 7) is 4.00. The first-order chi connectivity index (χ1) is 12.4. The number of anilines is 2. The first-order valence-electron chi connectivity index (χ1n) is 8.68. The van der Waals surface area contributed by atoms with Crippen molar-refractivity contribution in [1.29, 1.82) is 0 Å². The molecular formula is C17H23ClN4O3S. The number of amides is 3. The molecule has 0 aliphatic carbocycles. The summed E-state index contributed by atoms with van der Waals surface area (Å²) in [5.41, 5.74) is 1.38. The van der Waals surface area contributed by atoms with Crippen LogP contribution in [0.25, 0.3) is 0 Å². The number of carbonyl (C=O) groups excluding carboxylic acids is 2. The molecular weight excluding hydrogens is 376 g/mol. The number of rotatable bonds is 2. The summed E-state index contributed by atoms with van der Waals surface area (Å²) in [5, 5.41) is 6.14. The van der Waals surface area contributed by atoms with Crippen LogP contribution >= 0.6 is 11.6 Å². The zero-order valence-corrected chi connectivity index (χ0v) is 16.2. The van der Waals surface area contributed by atoms with Gasteiger partial charge in [-0.3, -0.25) is 9.00 Å². The van der Waals surface area contributed by atoms with E-state index in [2.05, 4.69) is 10.6 Å². The van der Waals surface area contributed by atoms with Crippen LogP contribution in [0.5, 0.6) is 0 Å². The maximum Gasteiger partial charge on any atom is 0.322 e. The van der Waals surface area contributed by atoms with Gasteiger partial charge in [0.15, 0.2) is 0 Å². The molecule has 2 aliphatic rings. The predicted molar refractivity (Wildman–Crippen MR) is 104 cm³/mol. The lowest BCUT2D eigenvalue weighted by molar-refractivity contribution is -0.120. The molecule has 0 unspecified atom stereocenters. The van der Waals surface area contributed by atoms with Crippen molar-refractivity contribution in [1.82, 2.24) is 10.2 Å². The molecule has 2 N–H and O–H groups in total. The fourth-order valence-electron chi connectivity index (χ4n) is 3.16. The molecule has 2 fully saturated rings. The van der Waals surface area contributed by atoms with Crippen LogP contribution in [-0.2, 0) is 15.6 Å². The molecule has 1 aromatic rings. The minimum Gasteiger partial charge on any atom is -0.359 e. The molecule has 3 rings (SSSR count). The van der Waals surface area contributed by atoms with E-state index in [0.717, 1.165) is 12.1 Å². The van der Waals surface area contributed by atoms with E-state index in [1.807, 2.05) is 17.9 Å². The van der Waals surface area contributed by atoms with Gasteiger partial charge in [-0.1, -0.05) is 11.6 Å². The van der Waals surface area contributed by atoms with Crippen LogP contribution in [0, 0.1) is 0 Å². The monoisotopic (exact) mass is 398 g/mol. The summed E-state index contributed by atoms with van der Waals surface area (Å²) in [5.74, 6) is 1.11. The highest BCUT2D eigenvalue weighted by Crippen LogP contribution is 2.29. The van der Waals surface area contributed by atoms with Crippen LogP contribution in [0.2, 0.25) is 5.02 Å². The number of hydrogen-bond acceptors (Lipinski definition) is 4. The van der Waals surface area contributed by atoms with Crippen molar-refractivity contribution in [3.8, 4) is 0 Å². The van der Waals surface area contributed by atoms with Crippen molar-refractivity contribution in [3.63, 3.8) is 0 Å². The summed E-state index contributed by atoms with van der Waals surface area (Å²) in [4.78, 5) is 27.8. The number of halogens is 1. The zero-order chi connectivity index (χ0) is 18.7. The number of nitrogens with zero attached hydrogens (tertiary/aromatic N) is 2. The largest absolute Gasteiger partial charge is 0.359 e. The number of benzene rings is 1. The van der Waals surface area contributed by atoms with E-state index in [0.29, 0.717) is 41.8 Å². The Morgan fingerprint density at radius 2 is 2.15 bits per heavy atom. The number of carbonyl (C=O) groups is 2. The molecule has 0 saturated carbocycles. The van der Waals surface area contributed by atoms with Gasteiger partial charge in [0.25, 0.3) is 0 Å². The maximum absolute atomic E-state index is 12.6. The molecule has 2 saturated heterocycles. The lowest BCUT2D eigenvalue weighted by Gasteiger charge is -2.30. The van der Waals surface area contributed by atoms with Crippen molar-refractivity contribution in [2.45, 2.75) is 19.4 Å². The van der Waals surface area contributed by atoms with Crippen molar-refractivity contribution < 1.29 is 13.8 Å². The third kappa shape index (κ3) is 4.48. The molecule has 3 amide bonds. The first-order valence-corrected chi connectivity index (χ1v) is 10.5. The quantitative estimate of drug-likeness (QED) is 0.793. The van der Waals surface area contributed by atoms with E-state index in [1.165, 1.54) is 0 Å². The van der Waals surface area contributed by atoms with Crippen LogP contribution in [-0.4, -0.2) is 64.8 Å². The van der Waals surface area contributed by atoms with Gasteiger partial charge < -0.3 is 20.4 Å². The van der Waals surface area contributed by atoms with Crippen LogP contribution < -0.4 is 15.5 Å². The fraction of sp³-hybridized carbons (Fsp3) is 0.529. The number of urea groups is 1. The van der Waals surface area contributed by atoms with Crippen LogP contribution in [0.15, 0.2) is 18.2 Å². The van der Waals surface area contributed by atoms with Crippen LogP contribution in [0.3, 0.4) is 0 Å². The summed E-state index contributed by atoms with van der Waals surface area (Å²) in [7, 11) is -0.856. The van der Waals surface area contributed by atoms with E-state index in [9.17, 15) is 13.8 Å². The second-order valence-electron chi connectivity index (χ2n) is 6.55. The summed E-state index contributed by atoms with van der Waals surface area (Å²) >= 11 is 6.38. The molecule has 142 valence electrons. The Morgan fingerprint density at radius 1 is 1.35 bits per heavy atom. The number of hydrogen-bond donors (Lipinski definition) is 2. The molecule has 0 bridgehead atoms. The van der Waals surface area contributed by atoms with Gasteiger partial charge in [0, 0.05) is 53.7 Å². The highest BCUT2D eigenvalue weighted by Gasteiger charge is 2.25. The Hall–Kier alpha value is -1.80. The van der Waals surface area contributed by atoms with Crippen molar-refractivity contribution >= 4 is 45.7 Å². The molecule has 0 radical (unpaired) electrons. The SMILES string of the molecule is C[C@H]1CC[S@@](=O)CCN1C(=O)Nc1ccc(N2CCNC(=O)C2)c(Cl)c1. The van der Waals surface area contributed by atoms with Gasteiger partial charge in [0.1, 0.15) is 0 Å². The highest BCUT2D eigenvalue weighted by molar-refractivity contribution is 7.85. The second kappa shape index (κ2) is 8.26. The Morgan fingerprint density at radius 3 is 2.88 bits per heavy atom. The second-order valence-corrected chi connectivity index (χ2v) is 8.65.